The van der Waals surface area contributed by atoms with Crippen molar-refractivity contribution in [2.45, 2.75) is 95.6 Å². The van der Waals surface area contributed by atoms with Crippen LogP contribution in [0.1, 0.15) is 65.6 Å². The molecule has 1 amide bonds. The van der Waals surface area contributed by atoms with Gasteiger partial charge in [-0.2, -0.15) is 0 Å². The summed E-state index contributed by atoms with van der Waals surface area (Å²) in [6.45, 7) is 3.61. The zero-order valence-corrected chi connectivity index (χ0v) is 37.1. The van der Waals surface area contributed by atoms with Gasteiger partial charge in [-0.05, 0) is 52.0 Å². The molecule has 338 valence electrons. The molecule has 8 atom stereocenters. The summed E-state index contributed by atoms with van der Waals surface area (Å²) in [5, 5.41) is 0. The molecule has 5 aromatic carbocycles. The zero-order chi connectivity index (χ0) is 45.0. The Morgan fingerprint density at radius 1 is 0.646 bits per heavy atom. The van der Waals surface area contributed by atoms with Crippen molar-refractivity contribution in [3.8, 4) is 0 Å². The first-order valence-corrected chi connectivity index (χ1v) is 22.6. The molecule has 0 radical (unpaired) electrons. The highest BCUT2D eigenvalue weighted by Gasteiger charge is 2.51. The van der Waals surface area contributed by atoms with Crippen LogP contribution in [0, 0.1) is 11.8 Å². The molecule has 0 spiro atoms. The van der Waals surface area contributed by atoms with Crippen molar-refractivity contribution in [2.75, 3.05) is 13.7 Å². The fraction of sp³-hybridized carbons (Fsp3) is 0.345. The Morgan fingerprint density at radius 3 is 1.68 bits per heavy atom. The number of carbonyl (C=O) groups excluding carboxylic acids is 2. The van der Waals surface area contributed by atoms with Crippen LogP contribution < -0.4 is 0 Å². The number of benzene rings is 5. The number of esters is 1. The van der Waals surface area contributed by atoms with Gasteiger partial charge in [0.2, 0.25) is 5.91 Å². The molecule has 65 heavy (non-hydrogen) atoms. The standard InChI is InChI=1S/C55H58FNO8/c1-38-31-45(56)27-29-47(38)57-51(46(55(57)59)28-30-50(58)60-2)44-25-23-39(24-26-44)32-48-52(62-34-41-17-9-4-10-18-41)54(64-36-43-21-13-6-14-22-43)53(63-35-42-19-11-5-12-20-42)49(65-48)37-61-33-40-15-7-3-8-16-40/h3-27,29,38,46,48-49,51-54H,28,30-37H2,1-2H3/t38?,46-,48+,49?,51-,52+,53-,54-/m1/s1. The number of rotatable bonds is 20. The van der Waals surface area contributed by atoms with E-state index in [2.05, 4.69) is 24.3 Å². The third-order valence-electron chi connectivity index (χ3n) is 12.6. The van der Waals surface area contributed by atoms with E-state index in [1.807, 2.05) is 128 Å². The lowest BCUT2D eigenvalue weighted by Crippen LogP contribution is -2.61. The summed E-state index contributed by atoms with van der Waals surface area (Å²) in [4.78, 5) is 27.8. The van der Waals surface area contributed by atoms with E-state index in [4.69, 9.17) is 28.4 Å². The van der Waals surface area contributed by atoms with E-state index in [9.17, 15) is 14.0 Å². The molecule has 10 heteroatoms. The summed E-state index contributed by atoms with van der Waals surface area (Å²) in [7, 11) is 1.35. The topological polar surface area (TPSA) is 92.8 Å². The number of amides is 1. The van der Waals surface area contributed by atoms with Crippen LogP contribution in [-0.4, -0.2) is 61.0 Å². The number of hydrogen-bond donors (Lipinski definition) is 0. The Kier molecular flexibility index (Phi) is 15.8. The van der Waals surface area contributed by atoms with Crippen molar-refractivity contribution in [1.82, 2.24) is 4.90 Å². The van der Waals surface area contributed by atoms with Gasteiger partial charge in [0.15, 0.2) is 0 Å². The maximum absolute atomic E-state index is 14.3. The first-order chi connectivity index (χ1) is 31.8. The quantitative estimate of drug-likeness (QED) is 0.0564. The first kappa shape index (κ1) is 45.8. The maximum Gasteiger partial charge on any atom is 0.305 e. The van der Waals surface area contributed by atoms with Crippen molar-refractivity contribution in [1.29, 1.82) is 0 Å². The largest absolute Gasteiger partial charge is 0.469 e. The van der Waals surface area contributed by atoms with Gasteiger partial charge < -0.3 is 33.3 Å². The predicted octanol–water partition coefficient (Wildman–Crippen LogP) is 10.2. The van der Waals surface area contributed by atoms with E-state index in [0.717, 1.165) is 39.1 Å². The van der Waals surface area contributed by atoms with Gasteiger partial charge in [0.05, 0.1) is 58.2 Å². The van der Waals surface area contributed by atoms with Gasteiger partial charge in [0, 0.05) is 30.9 Å². The van der Waals surface area contributed by atoms with Crippen LogP contribution >= 0.6 is 0 Å². The molecule has 2 heterocycles. The fourth-order valence-corrected chi connectivity index (χ4v) is 9.13. The van der Waals surface area contributed by atoms with E-state index >= 15 is 0 Å². The van der Waals surface area contributed by atoms with E-state index in [1.54, 1.807) is 11.0 Å². The van der Waals surface area contributed by atoms with E-state index in [0.29, 0.717) is 39.3 Å². The molecule has 5 aromatic rings. The summed E-state index contributed by atoms with van der Waals surface area (Å²) in [6.07, 6.45) is 1.69. The van der Waals surface area contributed by atoms with Gasteiger partial charge in [-0.15, -0.1) is 0 Å². The van der Waals surface area contributed by atoms with Crippen molar-refractivity contribution >= 4 is 11.9 Å². The van der Waals surface area contributed by atoms with Gasteiger partial charge in [-0.3, -0.25) is 9.59 Å². The average molecular weight is 880 g/mol. The summed E-state index contributed by atoms with van der Waals surface area (Å²) in [6, 6.07) is 48.3. The van der Waals surface area contributed by atoms with E-state index < -0.39 is 36.4 Å². The predicted molar refractivity (Wildman–Crippen MR) is 245 cm³/mol. The summed E-state index contributed by atoms with van der Waals surface area (Å²) in [5.41, 5.74) is 6.84. The molecule has 9 nitrogen and oxygen atoms in total. The minimum Gasteiger partial charge on any atom is -0.469 e. The number of carbonyl (C=O) groups is 2. The van der Waals surface area contributed by atoms with Gasteiger partial charge in [-0.25, -0.2) is 4.39 Å². The lowest BCUT2D eigenvalue weighted by molar-refractivity contribution is -0.272. The second-order valence-corrected chi connectivity index (χ2v) is 17.1. The number of hydrogen-bond acceptors (Lipinski definition) is 8. The van der Waals surface area contributed by atoms with Crippen LogP contribution in [0.3, 0.4) is 0 Å². The highest BCUT2D eigenvalue weighted by molar-refractivity contribution is 5.89. The molecule has 0 aromatic heterocycles. The molecular weight excluding hydrogens is 822 g/mol. The number of allylic oxidation sites excluding steroid dienone is 4. The molecule has 2 aliphatic heterocycles. The number of likely N-dealkylation sites (tertiary alicyclic amines) is 1. The number of nitrogens with zero attached hydrogens (tertiary/aromatic N) is 1. The normalized spacial score (nSPS) is 24.2. The molecule has 8 rings (SSSR count). The second-order valence-electron chi connectivity index (χ2n) is 17.1. The Morgan fingerprint density at radius 2 is 1.15 bits per heavy atom. The third kappa shape index (κ3) is 11.7. The van der Waals surface area contributed by atoms with Crippen molar-refractivity contribution in [2.24, 2.45) is 11.8 Å². The van der Waals surface area contributed by atoms with Crippen LogP contribution in [0.2, 0.25) is 0 Å². The molecule has 1 aliphatic carbocycles. The van der Waals surface area contributed by atoms with Gasteiger partial charge in [0.1, 0.15) is 30.2 Å². The molecule has 2 unspecified atom stereocenters. The molecule has 0 bridgehead atoms. The molecule has 0 saturated carbocycles. The minimum atomic E-state index is -0.557. The first-order valence-electron chi connectivity index (χ1n) is 22.6. The van der Waals surface area contributed by atoms with Crippen molar-refractivity contribution in [3.63, 3.8) is 0 Å². The summed E-state index contributed by atoms with van der Waals surface area (Å²) >= 11 is 0. The zero-order valence-electron chi connectivity index (χ0n) is 37.1. The van der Waals surface area contributed by atoms with E-state index in [-0.39, 0.29) is 49.1 Å². The minimum absolute atomic E-state index is 0.0723. The Labute approximate surface area is 381 Å². The molecule has 3 aliphatic rings. The second kappa shape index (κ2) is 22.4. The van der Waals surface area contributed by atoms with Crippen LogP contribution in [0.4, 0.5) is 4.39 Å². The number of β-lactam (4-membered cyclic amide) rings is 1. The van der Waals surface area contributed by atoms with Crippen LogP contribution in [0.5, 0.6) is 0 Å². The van der Waals surface area contributed by atoms with Gasteiger partial charge in [-0.1, -0.05) is 153 Å². The number of halogens is 1. The monoisotopic (exact) mass is 879 g/mol. The fourth-order valence-electron chi connectivity index (χ4n) is 9.13. The Hall–Kier alpha value is -5.75. The highest BCUT2D eigenvalue weighted by Crippen LogP contribution is 2.48. The van der Waals surface area contributed by atoms with E-state index in [1.165, 1.54) is 13.2 Å². The van der Waals surface area contributed by atoms with Gasteiger partial charge in [0.25, 0.3) is 0 Å². The van der Waals surface area contributed by atoms with Crippen molar-refractivity contribution < 1.29 is 42.4 Å². The SMILES string of the molecule is COC(=O)CC[C@H]1C(=O)N(C2=CC=C(F)CC2C)[C@@H]1c1ccc(C[C@@H]2OC(COCc3ccccc3)[C@@H](OCc3ccccc3)[C@H](OCc3ccccc3)[C@H]2OCc2ccccc2)cc1. The molecular formula is C55H58FNO8. The molecule has 2 fully saturated rings. The molecule has 2 saturated heterocycles. The van der Waals surface area contributed by atoms with Crippen LogP contribution in [0.15, 0.2) is 169 Å². The lowest BCUT2D eigenvalue weighted by Gasteiger charge is -2.50. The Bertz CT molecular complexity index is 2340. The third-order valence-corrected chi connectivity index (χ3v) is 12.6. The maximum atomic E-state index is 14.3. The number of methoxy groups -OCH3 is 1. The summed E-state index contributed by atoms with van der Waals surface area (Å²) < 4.78 is 53.5. The lowest BCUT2D eigenvalue weighted by atomic mass is 9.77. The van der Waals surface area contributed by atoms with Gasteiger partial charge >= 0.3 is 5.97 Å². The highest BCUT2D eigenvalue weighted by atomic mass is 19.1. The smallest absolute Gasteiger partial charge is 0.305 e. The van der Waals surface area contributed by atoms with Crippen LogP contribution in [0.25, 0.3) is 0 Å². The molecule has 0 N–H and O–H groups in total. The van der Waals surface area contributed by atoms with Crippen LogP contribution in [-0.2, 0) is 70.9 Å². The Balaban J connectivity index is 1.10. The average Bonchev–Trinajstić information content (AvgIpc) is 3.34. The summed E-state index contributed by atoms with van der Waals surface area (Å²) in [5.74, 6) is -1.24. The van der Waals surface area contributed by atoms with Crippen molar-refractivity contribution in [3.05, 3.63) is 203 Å². The number of ether oxygens (including phenoxy) is 6.